The van der Waals surface area contributed by atoms with Crippen LogP contribution in [-0.4, -0.2) is 25.4 Å². The van der Waals surface area contributed by atoms with Gasteiger partial charge >= 0.3 is 0 Å². The Morgan fingerprint density at radius 3 is 2.52 bits per heavy atom. The van der Waals surface area contributed by atoms with Crippen molar-refractivity contribution in [3.8, 4) is 0 Å². The number of carbonyl (C=O) groups excluding carboxylic acids is 1. The quantitative estimate of drug-likeness (QED) is 0.270. The first kappa shape index (κ1) is 12.5. The number of Topliss-reactive ketones (excluding diaryl/α,β-unsaturated/α-hetero) is 1. The summed E-state index contributed by atoms with van der Waals surface area (Å²) in [5.41, 5.74) is 4.85. The molecule has 5 heteroatoms. The first-order chi connectivity index (χ1) is 11.2. The Kier molecular flexibility index (Phi) is 2.17. The SMILES string of the molecule is CC(=O)c1ccc2nc(C)c3nnc4c5ccccc5c1c2n34. The van der Waals surface area contributed by atoms with Crippen LogP contribution in [0.4, 0.5) is 0 Å². The average Bonchev–Trinajstić information content (AvgIpc) is 3.00. The van der Waals surface area contributed by atoms with E-state index in [1.54, 1.807) is 6.92 Å². The molecule has 0 saturated carbocycles. The number of pyridine rings is 1. The second-order valence-corrected chi connectivity index (χ2v) is 5.84. The van der Waals surface area contributed by atoms with Gasteiger partial charge in [-0.3, -0.25) is 9.20 Å². The number of aryl methyl sites for hydroxylation is 1. The third-order valence-electron chi connectivity index (χ3n) is 4.47. The van der Waals surface area contributed by atoms with E-state index in [1.807, 2.05) is 47.7 Å². The lowest BCUT2D eigenvalue weighted by Crippen LogP contribution is -2.03. The zero-order chi connectivity index (χ0) is 15.7. The van der Waals surface area contributed by atoms with Crippen molar-refractivity contribution < 1.29 is 4.79 Å². The van der Waals surface area contributed by atoms with Gasteiger partial charge in [0.2, 0.25) is 0 Å². The fourth-order valence-corrected chi connectivity index (χ4v) is 3.49. The lowest BCUT2D eigenvalue weighted by Gasteiger charge is -2.14. The Hall–Kier alpha value is -3.08. The number of hydrogen-bond donors (Lipinski definition) is 0. The van der Waals surface area contributed by atoms with Gasteiger partial charge in [0, 0.05) is 16.3 Å². The lowest BCUT2D eigenvalue weighted by atomic mass is 9.98. The molecule has 0 N–H and O–H groups in total. The molecule has 0 amide bonds. The summed E-state index contributed by atoms with van der Waals surface area (Å²) in [4.78, 5) is 16.8. The van der Waals surface area contributed by atoms with E-state index < -0.39 is 0 Å². The smallest absolute Gasteiger partial charge is 0.183 e. The molecule has 3 aromatic heterocycles. The fraction of sp³-hybridized carbons (Fsp3) is 0.111. The summed E-state index contributed by atoms with van der Waals surface area (Å²) >= 11 is 0. The molecule has 0 aliphatic rings. The Labute approximate surface area is 130 Å². The van der Waals surface area contributed by atoms with E-state index in [0.717, 1.165) is 44.2 Å². The maximum Gasteiger partial charge on any atom is 0.183 e. The molecule has 0 unspecified atom stereocenters. The van der Waals surface area contributed by atoms with Gasteiger partial charge in [-0.15, -0.1) is 10.2 Å². The zero-order valence-corrected chi connectivity index (χ0v) is 12.7. The summed E-state index contributed by atoms with van der Waals surface area (Å²) in [5.74, 6) is 0.0435. The Bertz CT molecular complexity index is 1250. The van der Waals surface area contributed by atoms with Crippen molar-refractivity contribution in [1.82, 2.24) is 19.6 Å². The molecule has 0 fully saturated rings. The second kappa shape index (κ2) is 4.01. The van der Waals surface area contributed by atoms with Crippen LogP contribution in [0.3, 0.4) is 0 Å². The highest BCUT2D eigenvalue weighted by Gasteiger charge is 2.20. The van der Waals surface area contributed by atoms with Crippen LogP contribution in [0.25, 0.3) is 38.5 Å². The van der Waals surface area contributed by atoms with Crippen molar-refractivity contribution in [2.45, 2.75) is 13.8 Å². The number of aromatic nitrogens is 4. The number of rotatable bonds is 1. The van der Waals surface area contributed by atoms with E-state index in [-0.39, 0.29) is 5.78 Å². The topological polar surface area (TPSA) is 60.2 Å². The number of fused-ring (bicyclic) bond motifs is 3. The van der Waals surface area contributed by atoms with Crippen molar-refractivity contribution in [1.29, 1.82) is 0 Å². The number of nitrogens with zero attached hydrogens (tertiary/aromatic N) is 4. The minimum absolute atomic E-state index is 0.0435. The standard InChI is InChI=1S/C18H12N4O/c1-9-17-20-21-18-13-6-4-3-5-12(13)15-11(10(2)23)7-8-14(19-9)16(15)22(17)18/h3-8H,1-2H3. The summed E-state index contributed by atoms with van der Waals surface area (Å²) in [6.45, 7) is 3.53. The van der Waals surface area contributed by atoms with Gasteiger partial charge in [0.05, 0.1) is 16.7 Å². The van der Waals surface area contributed by atoms with Crippen LogP contribution in [0.15, 0.2) is 36.4 Å². The van der Waals surface area contributed by atoms with Gasteiger partial charge in [-0.05, 0) is 31.4 Å². The predicted molar refractivity (Wildman–Crippen MR) is 89.2 cm³/mol. The van der Waals surface area contributed by atoms with Crippen LogP contribution >= 0.6 is 0 Å². The minimum Gasteiger partial charge on any atom is -0.294 e. The number of benzene rings is 2. The highest BCUT2D eigenvalue weighted by atomic mass is 16.1. The molecular formula is C18H12N4O. The van der Waals surface area contributed by atoms with Crippen molar-refractivity contribution in [2.75, 3.05) is 0 Å². The monoisotopic (exact) mass is 300 g/mol. The minimum atomic E-state index is 0.0435. The van der Waals surface area contributed by atoms with Crippen LogP contribution in [0.1, 0.15) is 23.0 Å². The summed E-state index contributed by atoms with van der Waals surface area (Å²) in [7, 11) is 0. The summed E-state index contributed by atoms with van der Waals surface area (Å²) in [6.07, 6.45) is 0. The Morgan fingerprint density at radius 1 is 1.00 bits per heavy atom. The molecule has 0 radical (unpaired) electrons. The van der Waals surface area contributed by atoms with Crippen molar-refractivity contribution in [2.24, 2.45) is 0 Å². The third kappa shape index (κ3) is 1.41. The lowest BCUT2D eigenvalue weighted by molar-refractivity contribution is 0.101. The number of hydrogen-bond acceptors (Lipinski definition) is 4. The third-order valence-corrected chi connectivity index (χ3v) is 4.47. The normalized spacial score (nSPS) is 12.1. The largest absolute Gasteiger partial charge is 0.294 e. The molecule has 5 nitrogen and oxygen atoms in total. The first-order valence-electron chi connectivity index (χ1n) is 7.46. The van der Waals surface area contributed by atoms with Gasteiger partial charge in [0.25, 0.3) is 0 Å². The van der Waals surface area contributed by atoms with E-state index in [9.17, 15) is 4.79 Å². The van der Waals surface area contributed by atoms with E-state index in [1.165, 1.54) is 0 Å². The molecule has 5 rings (SSSR count). The molecule has 0 bridgehead atoms. The molecule has 0 aliphatic carbocycles. The predicted octanol–water partition coefficient (Wildman–Crippen LogP) is 3.53. The fourth-order valence-electron chi connectivity index (χ4n) is 3.49. The summed E-state index contributed by atoms with van der Waals surface area (Å²) in [5, 5.41) is 11.6. The Balaban J connectivity index is 2.28. The maximum atomic E-state index is 12.2. The highest BCUT2D eigenvalue weighted by molar-refractivity contribution is 6.23. The van der Waals surface area contributed by atoms with Crippen LogP contribution in [0.2, 0.25) is 0 Å². The van der Waals surface area contributed by atoms with Gasteiger partial charge in [-0.1, -0.05) is 24.3 Å². The van der Waals surface area contributed by atoms with Gasteiger partial charge in [-0.2, -0.15) is 0 Å². The molecule has 3 heterocycles. The van der Waals surface area contributed by atoms with Gasteiger partial charge < -0.3 is 0 Å². The maximum absolute atomic E-state index is 12.2. The number of ketones is 1. The van der Waals surface area contributed by atoms with Crippen LogP contribution in [-0.2, 0) is 0 Å². The molecule has 5 aromatic rings. The Morgan fingerprint density at radius 2 is 1.74 bits per heavy atom. The molecule has 0 spiro atoms. The van der Waals surface area contributed by atoms with E-state index >= 15 is 0 Å². The summed E-state index contributed by atoms with van der Waals surface area (Å²) < 4.78 is 2.03. The molecule has 23 heavy (non-hydrogen) atoms. The molecule has 0 atom stereocenters. The highest BCUT2D eigenvalue weighted by Crippen LogP contribution is 2.35. The molecule has 2 aromatic carbocycles. The van der Waals surface area contributed by atoms with Crippen molar-refractivity contribution in [3.05, 3.63) is 47.7 Å². The summed E-state index contributed by atoms with van der Waals surface area (Å²) in [6, 6.07) is 11.8. The number of carbonyl (C=O) groups is 1. The van der Waals surface area contributed by atoms with Gasteiger partial charge in [-0.25, -0.2) is 4.98 Å². The van der Waals surface area contributed by atoms with Gasteiger partial charge in [0.15, 0.2) is 17.1 Å². The molecule has 0 saturated heterocycles. The van der Waals surface area contributed by atoms with Crippen LogP contribution in [0.5, 0.6) is 0 Å². The van der Waals surface area contributed by atoms with E-state index in [4.69, 9.17) is 0 Å². The van der Waals surface area contributed by atoms with Gasteiger partial charge in [0.1, 0.15) is 0 Å². The average molecular weight is 300 g/mol. The molecule has 0 aliphatic heterocycles. The zero-order valence-electron chi connectivity index (χ0n) is 12.7. The van der Waals surface area contributed by atoms with Crippen LogP contribution in [0, 0.1) is 6.92 Å². The molecule has 110 valence electrons. The second-order valence-electron chi connectivity index (χ2n) is 5.84. The molecular weight excluding hydrogens is 288 g/mol. The van der Waals surface area contributed by atoms with E-state index in [0.29, 0.717) is 5.56 Å². The van der Waals surface area contributed by atoms with Crippen molar-refractivity contribution in [3.63, 3.8) is 0 Å². The van der Waals surface area contributed by atoms with E-state index in [2.05, 4.69) is 15.2 Å². The first-order valence-corrected chi connectivity index (χ1v) is 7.46. The van der Waals surface area contributed by atoms with Crippen LogP contribution < -0.4 is 0 Å². The van der Waals surface area contributed by atoms with Crippen molar-refractivity contribution >= 4 is 44.3 Å².